The van der Waals surface area contributed by atoms with Crippen LogP contribution in [-0.2, 0) is 4.74 Å². The standard InChI is InChI=1S/C20H24N2O3/c23-14-18(15-7-3-1-4-8-15)22-20(24)21-13-17-11-12-25-19(17)16-9-5-2-6-10-16/h1-10,17-19,23H,11-14H2,(H2,21,22,24)/t17-,18-,19-/m0/s1. The van der Waals surface area contributed by atoms with Gasteiger partial charge in [-0.15, -0.1) is 0 Å². The molecule has 0 saturated carbocycles. The van der Waals surface area contributed by atoms with Crippen molar-refractivity contribution in [2.75, 3.05) is 19.8 Å². The highest BCUT2D eigenvalue weighted by atomic mass is 16.5. The van der Waals surface area contributed by atoms with Crippen molar-refractivity contribution >= 4 is 6.03 Å². The number of carbonyl (C=O) groups is 1. The molecule has 1 saturated heterocycles. The molecular weight excluding hydrogens is 316 g/mol. The van der Waals surface area contributed by atoms with Gasteiger partial charge in [0.2, 0.25) is 0 Å². The van der Waals surface area contributed by atoms with E-state index in [-0.39, 0.29) is 24.7 Å². The van der Waals surface area contributed by atoms with Gasteiger partial charge < -0.3 is 20.5 Å². The third-order valence-corrected chi connectivity index (χ3v) is 4.56. The van der Waals surface area contributed by atoms with Crippen LogP contribution in [0.5, 0.6) is 0 Å². The summed E-state index contributed by atoms with van der Waals surface area (Å²) in [7, 11) is 0. The number of rotatable bonds is 6. The maximum atomic E-state index is 12.2. The third kappa shape index (κ3) is 4.59. The van der Waals surface area contributed by atoms with Crippen molar-refractivity contribution < 1.29 is 14.6 Å². The van der Waals surface area contributed by atoms with E-state index in [9.17, 15) is 9.90 Å². The molecule has 2 aromatic carbocycles. The quantitative estimate of drug-likeness (QED) is 0.757. The number of benzene rings is 2. The molecule has 1 heterocycles. The summed E-state index contributed by atoms with van der Waals surface area (Å²) in [6.45, 7) is 1.10. The fourth-order valence-corrected chi connectivity index (χ4v) is 3.21. The number of carbonyl (C=O) groups excluding carboxylic acids is 1. The van der Waals surface area contributed by atoms with E-state index in [1.807, 2.05) is 48.5 Å². The van der Waals surface area contributed by atoms with Gasteiger partial charge in [0.05, 0.1) is 18.8 Å². The summed E-state index contributed by atoms with van der Waals surface area (Å²) in [6.07, 6.45) is 0.936. The first-order chi connectivity index (χ1) is 12.3. The van der Waals surface area contributed by atoms with Crippen LogP contribution in [0.1, 0.15) is 29.7 Å². The Hall–Kier alpha value is -2.37. The lowest BCUT2D eigenvalue weighted by Crippen LogP contribution is -2.41. The second-order valence-electron chi connectivity index (χ2n) is 6.25. The topological polar surface area (TPSA) is 70.6 Å². The van der Waals surface area contributed by atoms with Gasteiger partial charge in [0.25, 0.3) is 0 Å². The number of amides is 2. The predicted octanol–water partition coefficient (Wildman–Crippen LogP) is 2.80. The molecule has 1 aliphatic heterocycles. The second kappa shape index (κ2) is 8.65. The summed E-state index contributed by atoms with van der Waals surface area (Å²) in [5.74, 6) is 0.248. The highest BCUT2D eigenvalue weighted by Crippen LogP contribution is 2.33. The maximum Gasteiger partial charge on any atom is 0.315 e. The van der Waals surface area contributed by atoms with Crippen LogP contribution in [0.25, 0.3) is 0 Å². The minimum absolute atomic E-state index is 0.0178. The van der Waals surface area contributed by atoms with Crippen molar-refractivity contribution in [3.63, 3.8) is 0 Å². The Morgan fingerprint density at radius 2 is 1.80 bits per heavy atom. The summed E-state index contributed by atoms with van der Waals surface area (Å²) in [5.41, 5.74) is 2.02. The number of urea groups is 1. The van der Waals surface area contributed by atoms with Crippen molar-refractivity contribution in [1.82, 2.24) is 10.6 Å². The van der Waals surface area contributed by atoms with E-state index in [0.717, 1.165) is 17.5 Å². The smallest absolute Gasteiger partial charge is 0.315 e. The molecule has 0 aromatic heterocycles. The van der Waals surface area contributed by atoms with Crippen LogP contribution in [0.15, 0.2) is 60.7 Å². The number of nitrogens with one attached hydrogen (secondary N) is 2. The Morgan fingerprint density at radius 1 is 1.12 bits per heavy atom. The lowest BCUT2D eigenvalue weighted by atomic mass is 9.95. The van der Waals surface area contributed by atoms with Gasteiger partial charge in [0, 0.05) is 19.1 Å². The second-order valence-corrected chi connectivity index (χ2v) is 6.25. The maximum absolute atomic E-state index is 12.2. The highest BCUT2D eigenvalue weighted by molar-refractivity contribution is 5.74. The Morgan fingerprint density at radius 3 is 2.48 bits per heavy atom. The van der Waals surface area contributed by atoms with Crippen LogP contribution in [0.3, 0.4) is 0 Å². The molecule has 0 radical (unpaired) electrons. The van der Waals surface area contributed by atoms with E-state index >= 15 is 0 Å². The van der Waals surface area contributed by atoms with E-state index in [1.165, 1.54) is 0 Å². The predicted molar refractivity (Wildman–Crippen MR) is 96.0 cm³/mol. The lowest BCUT2D eigenvalue weighted by molar-refractivity contribution is 0.0909. The monoisotopic (exact) mass is 340 g/mol. The van der Waals surface area contributed by atoms with Gasteiger partial charge in [0.1, 0.15) is 0 Å². The van der Waals surface area contributed by atoms with Gasteiger partial charge in [-0.2, -0.15) is 0 Å². The molecule has 3 N–H and O–H groups in total. The van der Waals surface area contributed by atoms with Crippen molar-refractivity contribution in [3.8, 4) is 0 Å². The molecule has 0 bridgehead atoms. The molecule has 132 valence electrons. The molecule has 5 heteroatoms. The first-order valence-electron chi connectivity index (χ1n) is 8.64. The first kappa shape index (κ1) is 17.5. The minimum Gasteiger partial charge on any atom is -0.394 e. The molecule has 2 amide bonds. The van der Waals surface area contributed by atoms with Crippen molar-refractivity contribution in [1.29, 1.82) is 0 Å². The average Bonchev–Trinajstić information content (AvgIpc) is 3.14. The third-order valence-electron chi connectivity index (χ3n) is 4.56. The number of aliphatic hydroxyl groups excluding tert-OH is 1. The van der Waals surface area contributed by atoms with Crippen LogP contribution in [0.4, 0.5) is 4.79 Å². The number of hydrogen-bond donors (Lipinski definition) is 3. The van der Waals surface area contributed by atoms with Crippen molar-refractivity contribution in [3.05, 3.63) is 71.8 Å². The summed E-state index contributed by atoms with van der Waals surface area (Å²) in [5, 5.41) is 15.3. The zero-order valence-corrected chi connectivity index (χ0v) is 14.1. The van der Waals surface area contributed by atoms with Gasteiger partial charge in [0.15, 0.2) is 0 Å². The van der Waals surface area contributed by atoms with Crippen LogP contribution in [0, 0.1) is 5.92 Å². The molecule has 25 heavy (non-hydrogen) atoms. The molecule has 0 aliphatic carbocycles. The normalized spacial score (nSPS) is 20.8. The minimum atomic E-state index is -0.411. The highest BCUT2D eigenvalue weighted by Gasteiger charge is 2.29. The molecule has 0 spiro atoms. The molecule has 3 rings (SSSR count). The lowest BCUT2D eigenvalue weighted by Gasteiger charge is -2.21. The Labute approximate surface area is 148 Å². The summed E-state index contributed by atoms with van der Waals surface area (Å²) in [4.78, 5) is 12.2. The summed E-state index contributed by atoms with van der Waals surface area (Å²) < 4.78 is 5.84. The zero-order valence-electron chi connectivity index (χ0n) is 14.1. The molecule has 1 fully saturated rings. The average molecular weight is 340 g/mol. The fraction of sp³-hybridized carbons (Fsp3) is 0.350. The number of aliphatic hydroxyl groups is 1. The van der Waals surface area contributed by atoms with Crippen LogP contribution in [-0.4, -0.2) is 30.9 Å². The van der Waals surface area contributed by atoms with Crippen LogP contribution >= 0.6 is 0 Å². The van der Waals surface area contributed by atoms with Crippen LogP contribution in [0.2, 0.25) is 0 Å². The summed E-state index contributed by atoms with van der Waals surface area (Å²) in [6, 6.07) is 18.9. The first-order valence-corrected chi connectivity index (χ1v) is 8.64. The van der Waals surface area contributed by atoms with Gasteiger partial charge in [-0.05, 0) is 17.5 Å². The largest absolute Gasteiger partial charge is 0.394 e. The fourth-order valence-electron chi connectivity index (χ4n) is 3.21. The van der Waals surface area contributed by atoms with E-state index in [0.29, 0.717) is 13.2 Å². The van der Waals surface area contributed by atoms with Crippen LogP contribution < -0.4 is 10.6 Å². The van der Waals surface area contributed by atoms with Gasteiger partial charge in [-0.25, -0.2) is 4.79 Å². The Bertz CT molecular complexity index is 663. The summed E-state index contributed by atoms with van der Waals surface area (Å²) >= 11 is 0. The van der Waals surface area contributed by atoms with Gasteiger partial charge in [-0.3, -0.25) is 0 Å². The molecule has 0 unspecified atom stereocenters. The Kier molecular flexibility index (Phi) is 6.04. The molecule has 3 atom stereocenters. The Balaban J connectivity index is 1.53. The zero-order chi connectivity index (χ0) is 17.5. The molecule has 2 aromatic rings. The van der Waals surface area contributed by atoms with E-state index in [1.54, 1.807) is 0 Å². The van der Waals surface area contributed by atoms with Crippen molar-refractivity contribution in [2.24, 2.45) is 5.92 Å². The van der Waals surface area contributed by atoms with Crippen molar-refractivity contribution in [2.45, 2.75) is 18.6 Å². The molecular formula is C20H24N2O3. The molecule has 5 nitrogen and oxygen atoms in total. The van der Waals surface area contributed by atoms with E-state index < -0.39 is 6.04 Å². The SMILES string of the molecule is O=C(NC[C@@H]1CCO[C@H]1c1ccccc1)N[C@@H](CO)c1ccccc1. The van der Waals surface area contributed by atoms with Gasteiger partial charge in [-0.1, -0.05) is 60.7 Å². The van der Waals surface area contributed by atoms with Gasteiger partial charge >= 0.3 is 6.03 Å². The number of hydrogen-bond acceptors (Lipinski definition) is 3. The van der Waals surface area contributed by atoms with E-state index in [2.05, 4.69) is 22.8 Å². The van der Waals surface area contributed by atoms with E-state index in [4.69, 9.17) is 4.74 Å². The molecule has 1 aliphatic rings. The number of ether oxygens (including phenoxy) is 1.